The second-order valence-electron chi connectivity index (χ2n) is 9.74. The summed E-state index contributed by atoms with van der Waals surface area (Å²) in [6.45, 7) is 0.890. The maximum Gasteiger partial charge on any atom is 0.428 e. The molecule has 3 aromatic carbocycles. The monoisotopic (exact) mass is 619 g/mol. The Balaban J connectivity index is 1.72. The summed E-state index contributed by atoms with van der Waals surface area (Å²) in [7, 11) is 0. The van der Waals surface area contributed by atoms with Gasteiger partial charge >= 0.3 is 12.4 Å². The lowest BCUT2D eigenvalue weighted by Gasteiger charge is -2.28. The SMILES string of the molecule is CC(C)(NC(=O)c1ccc(C2=CC(c3cc(Cl)cc(Cl)c3)(C(F)(F)F)ON2)c2ccccc12)C(=O)NCC(F)(F)F. The van der Waals surface area contributed by atoms with Crippen molar-refractivity contribution in [1.82, 2.24) is 16.1 Å². The van der Waals surface area contributed by atoms with Gasteiger partial charge in [-0.1, -0.05) is 53.5 Å². The van der Waals surface area contributed by atoms with E-state index in [1.807, 2.05) is 0 Å². The van der Waals surface area contributed by atoms with Crippen LogP contribution in [0.15, 0.2) is 60.7 Å². The second kappa shape index (κ2) is 10.7. The number of hydroxylamine groups is 1. The fourth-order valence-electron chi connectivity index (χ4n) is 4.29. The van der Waals surface area contributed by atoms with Gasteiger partial charge in [-0.2, -0.15) is 26.3 Å². The third kappa shape index (κ3) is 6.24. The molecule has 2 amide bonds. The summed E-state index contributed by atoms with van der Waals surface area (Å²) < 4.78 is 80.9. The number of carbonyl (C=O) groups excluding carboxylic acids is 2. The third-order valence-electron chi connectivity index (χ3n) is 6.28. The zero-order valence-electron chi connectivity index (χ0n) is 21.2. The van der Waals surface area contributed by atoms with Gasteiger partial charge in [-0.25, -0.2) is 0 Å². The number of fused-ring (bicyclic) bond motifs is 1. The maximum atomic E-state index is 14.4. The van der Waals surface area contributed by atoms with Crippen LogP contribution in [-0.4, -0.2) is 36.3 Å². The molecule has 4 rings (SSSR count). The van der Waals surface area contributed by atoms with E-state index in [4.69, 9.17) is 28.0 Å². The predicted molar refractivity (Wildman–Crippen MR) is 141 cm³/mol. The van der Waals surface area contributed by atoms with Gasteiger partial charge in [-0.05, 0) is 55.0 Å². The first-order chi connectivity index (χ1) is 18.9. The van der Waals surface area contributed by atoms with Crippen LogP contribution in [0.3, 0.4) is 0 Å². The minimum absolute atomic E-state index is 0.0302. The molecule has 1 heterocycles. The van der Waals surface area contributed by atoms with Crippen LogP contribution in [0.1, 0.15) is 35.3 Å². The van der Waals surface area contributed by atoms with Crippen molar-refractivity contribution in [2.75, 3.05) is 6.54 Å². The zero-order valence-corrected chi connectivity index (χ0v) is 22.7. The normalized spacial score (nSPS) is 17.7. The molecule has 0 spiro atoms. The Morgan fingerprint density at radius 3 is 2.12 bits per heavy atom. The van der Waals surface area contributed by atoms with Gasteiger partial charge in [0, 0.05) is 26.7 Å². The van der Waals surface area contributed by atoms with Gasteiger partial charge < -0.3 is 10.6 Å². The molecule has 41 heavy (non-hydrogen) atoms. The minimum Gasteiger partial charge on any atom is -0.345 e. The maximum absolute atomic E-state index is 14.4. The number of benzene rings is 3. The number of nitrogens with one attached hydrogen (secondary N) is 3. The van der Waals surface area contributed by atoms with Crippen molar-refractivity contribution in [1.29, 1.82) is 0 Å². The Labute approximate surface area is 239 Å². The molecule has 218 valence electrons. The van der Waals surface area contributed by atoms with Crippen LogP contribution < -0.4 is 16.1 Å². The Morgan fingerprint density at radius 2 is 1.54 bits per heavy atom. The van der Waals surface area contributed by atoms with Crippen LogP contribution in [0.2, 0.25) is 10.0 Å². The summed E-state index contributed by atoms with van der Waals surface area (Å²) in [5.41, 5.74) is -2.48. The van der Waals surface area contributed by atoms with Crippen LogP contribution in [-0.2, 0) is 15.2 Å². The average Bonchev–Trinajstić information content (AvgIpc) is 3.32. The number of amides is 2. The number of carbonyl (C=O) groups is 2. The second-order valence-corrected chi connectivity index (χ2v) is 10.6. The Morgan fingerprint density at radius 1 is 0.927 bits per heavy atom. The smallest absolute Gasteiger partial charge is 0.345 e. The van der Waals surface area contributed by atoms with E-state index in [-0.39, 0.29) is 32.4 Å². The molecule has 3 aromatic rings. The number of hydrogen-bond acceptors (Lipinski definition) is 4. The van der Waals surface area contributed by atoms with Crippen LogP contribution >= 0.6 is 23.2 Å². The number of rotatable bonds is 6. The quantitative estimate of drug-likeness (QED) is 0.269. The zero-order chi connectivity index (χ0) is 30.4. The lowest BCUT2D eigenvalue weighted by molar-refractivity contribution is -0.269. The molecule has 0 saturated heterocycles. The highest BCUT2D eigenvalue weighted by Gasteiger charge is 2.59. The highest BCUT2D eigenvalue weighted by Crippen LogP contribution is 2.48. The van der Waals surface area contributed by atoms with Crippen molar-refractivity contribution < 1.29 is 40.8 Å². The van der Waals surface area contributed by atoms with Gasteiger partial charge in [0.15, 0.2) is 0 Å². The Kier molecular flexibility index (Phi) is 7.98. The molecular formula is C27H21Cl2F6N3O3. The summed E-state index contributed by atoms with van der Waals surface area (Å²) in [4.78, 5) is 30.6. The standard InChI is InChI=1S/C27H21Cl2F6N3O3/c1-24(2,23(40)36-13-26(30,31)32)37-22(39)20-8-7-19(17-5-3-4-6-18(17)20)21-12-25(41-38-21,27(33,34)35)14-9-15(28)11-16(29)10-14/h3-12,38H,13H2,1-2H3,(H,36,40)(H,37,39). The summed E-state index contributed by atoms with van der Waals surface area (Å²) in [5.74, 6) is -1.85. The Bertz CT molecular complexity index is 1540. The van der Waals surface area contributed by atoms with Crippen molar-refractivity contribution in [3.63, 3.8) is 0 Å². The highest BCUT2D eigenvalue weighted by molar-refractivity contribution is 6.34. The average molecular weight is 620 g/mol. The first-order valence-electron chi connectivity index (χ1n) is 11.8. The van der Waals surface area contributed by atoms with Crippen molar-refractivity contribution in [2.45, 2.75) is 37.3 Å². The van der Waals surface area contributed by atoms with Crippen LogP contribution in [0, 0.1) is 0 Å². The minimum atomic E-state index is -4.94. The van der Waals surface area contributed by atoms with Gasteiger partial charge in [0.05, 0.1) is 5.70 Å². The topological polar surface area (TPSA) is 79.5 Å². The van der Waals surface area contributed by atoms with E-state index in [0.717, 1.165) is 18.2 Å². The van der Waals surface area contributed by atoms with E-state index in [2.05, 4.69) is 10.8 Å². The molecule has 0 saturated carbocycles. The summed E-state index contributed by atoms with van der Waals surface area (Å²) in [6, 6.07) is 12.4. The molecule has 0 bridgehead atoms. The molecule has 6 nitrogen and oxygen atoms in total. The molecule has 1 aliphatic heterocycles. The molecular weight excluding hydrogens is 599 g/mol. The van der Waals surface area contributed by atoms with E-state index < -0.39 is 41.9 Å². The first-order valence-corrected chi connectivity index (χ1v) is 12.6. The molecule has 0 aromatic heterocycles. The lowest BCUT2D eigenvalue weighted by atomic mass is 9.90. The lowest BCUT2D eigenvalue weighted by Crippen LogP contribution is -2.56. The molecule has 1 aliphatic rings. The molecule has 3 N–H and O–H groups in total. The van der Waals surface area contributed by atoms with Gasteiger partial charge in [-0.3, -0.25) is 19.9 Å². The fraction of sp³-hybridized carbons (Fsp3) is 0.259. The van der Waals surface area contributed by atoms with Gasteiger partial charge in [0.2, 0.25) is 11.5 Å². The molecule has 1 unspecified atom stereocenters. The van der Waals surface area contributed by atoms with E-state index in [1.165, 1.54) is 38.1 Å². The molecule has 0 aliphatic carbocycles. The number of alkyl halides is 6. The first kappa shape index (κ1) is 30.5. The molecule has 1 atom stereocenters. The largest absolute Gasteiger partial charge is 0.428 e. The van der Waals surface area contributed by atoms with Gasteiger partial charge in [-0.15, -0.1) is 0 Å². The predicted octanol–water partition coefficient (Wildman–Crippen LogP) is 6.67. The van der Waals surface area contributed by atoms with E-state index in [0.29, 0.717) is 10.8 Å². The third-order valence-corrected chi connectivity index (χ3v) is 6.72. The molecule has 0 fully saturated rings. The highest BCUT2D eigenvalue weighted by atomic mass is 35.5. The summed E-state index contributed by atoms with van der Waals surface area (Å²) >= 11 is 11.9. The Hall–Kier alpha value is -3.48. The summed E-state index contributed by atoms with van der Waals surface area (Å²) in [5, 5.41) is 4.72. The van der Waals surface area contributed by atoms with Crippen molar-refractivity contribution in [3.05, 3.63) is 87.4 Å². The van der Waals surface area contributed by atoms with Crippen molar-refractivity contribution in [2.24, 2.45) is 0 Å². The summed E-state index contributed by atoms with van der Waals surface area (Å²) in [6.07, 6.45) is -8.74. The van der Waals surface area contributed by atoms with Crippen LogP contribution in [0.5, 0.6) is 0 Å². The number of hydrogen-bond donors (Lipinski definition) is 3. The van der Waals surface area contributed by atoms with E-state index in [9.17, 15) is 35.9 Å². The van der Waals surface area contributed by atoms with Crippen molar-refractivity contribution >= 4 is 51.5 Å². The van der Waals surface area contributed by atoms with Crippen LogP contribution in [0.4, 0.5) is 26.3 Å². The van der Waals surface area contributed by atoms with E-state index in [1.54, 1.807) is 23.5 Å². The van der Waals surface area contributed by atoms with Gasteiger partial charge in [0.1, 0.15) is 12.1 Å². The fourth-order valence-corrected chi connectivity index (χ4v) is 4.81. The molecule has 14 heteroatoms. The van der Waals surface area contributed by atoms with E-state index >= 15 is 0 Å². The van der Waals surface area contributed by atoms with Crippen LogP contribution in [0.25, 0.3) is 16.5 Å². The van der Waals surface area contributed by atoms with Crippen molar-refractivity contribution in [3.8, 4) is 0 Å². The number of halogens is 8. The van der Waals surface area contributed by atoms with Gasteiger partial charge in [0.25, 0.3) is 5.91 Å². The molecule has 0 radical (unpaired) electrons.